The van der Waals surface area contributed by atoms with Gasteiger partial charge in [-0.25, -0.2) is 0 Å². The van der Waals surface area contributed by atoms with Crippen LogP contribution in [0.25, 0.3) is 0 Å². The van der Waals surface area contributed by atoms with Crippen LogP contribution in [0.1, 0.15) is 38.2 Å². The van der Waals surface area contributed by atoms with Crippen LogP contribution in [0.5, 0.6) is 17.2 Å². The van der Waals surface area contributed by atoms with Crippen molar-refractivity contribution >= 4 is 23.4 Å². The summed E-state index contributed by atoms with van der Waals surface area (Å²) in [5, 5.41) is 11.1. The number of nitrogens with zero attached hydrogens (tertiary/aromatic N) is 1. The maximum Gasteiger partial charge on any atom is 0.233 e. The van der Waals surface area contributed by atoms with E-state index in [4.69, 9.17) is 9.47 Å². The number of amides is 2. The lowest BCUT2D eigenvalue weighted by Crippen LogP contribution is -2.39. The van der Waals surface area contributed by atoms with Crippen molar-refractivity contribution in [1.82, 2.24) is 4.90 Å². The fourth-order valence-electron chi connectivity index (χ4n) is 6.25. The number of likely N-dealkylation sites (tertiary alicyclic amines) is 1. The number of Topliss-reactive ketones (excluding diaryl/α,β-unsaturated/α-hetero) is 1. The molecular formula is C27H27NO7. The number of hydrogen-bond acceptors (Lipinski definition) is 7. The Balaban J connectivity index is 1.75. The topological polar surface area (TPSA) is 110 Å². The summed E-state index contributed by atoms with van der Waals surface area (Å²) < 4.78 is 10.9. The zero-order chi connectivity index (χ0) is 25.2. The Kier molecular flexibility index (Phi) is 5.42. The highest BCUT2D eigenvalue weighted by Crippen LogP contribution is 2.57. The van der Waals surface area contributed by atoms with E-state index in [0.717, 1.165) is 5.57 Å². The number of phenols is 1. The van der Waals surface area contributed by atoms with E-state index in [1.165, 1.54) is 31.3 Å². The normalized spacial score (nSPS) is 27.8. The second kappa shape index (κ2) is 8.22. The third kappa shape index (κ3) is 3.19. The van der Waals surface area contributed by atoms with Crippen LogP contribution in [0.4, 0.5) is 0 Å². The second-order valence-corrected chi connectivity index (χ2v) is 9.41. The first-order chi connectivity index (χ1) is 16.7. The zero-order valence-electron chi connectivity index (χ0n) is 20.1. The third-order valence-corrected chi connectivity index (χ3v) is 7.81. The van der Waals surface area contributed by atoms with Gasteiger partial charge in [-0.05, 0) is 38.7 Å². The van der Waals surface area contributed by atoms with Crippen molar-refractivity contribution < 1.29 is 33.8 Å². The van der Waals surface area contributed by atoms with Crippen molar-refractivity contribution in [2.24, 2.45) is 17.8 Å². The molecule has 4 aliphatic rings. The minimum Gasteiger partial charge on any atom is -0.507 e. The van der Waals surface area contributed by atoms with E-state index in [-0.39, 0.29) is 42.1 Å². The number of fused-ring (bicyclic) bond motifs is 3. The van der Waals surface area contributed by atoms with Gasteiger partial charge < -0.3 is 14.6 Å². The van der Waals surface area contributed by atoms with Crippen LogP contribution in [0.15, 0.2) is 46.6 Å². The van der Waals surface area contributed by atoms with Crippen molar-refractivity contribution in [3.05, 3.63) is 52.1 Å². The monoisotopic (exact) mass is 477 g/mol. The van der Waals surface area contributed by atoms with E-state index in [1.54, 1.807) is 19.9 Å². The lowest BCUT2D eigenvalue weighted by atomic mass is 9.59. The van der Waals surface area contributed by atoms with Crippen LogP contribution in [-0.2, 0) is 19.2 Å². The number of aromatic hydroxyl groups is 1. The van der Waals surface area contributed by atoms with Gasteiger partial charge in [-0.1, -0.05) is 11.6 Å². The first-order valence-corrected chi connectivity index (χ1v) is 11.7. The summed E-state index contributed by atoms with van der Waals surface area (Å²) in [5.41, 5.74) is 2.08. The lowest BCUT2D eigenvalue weighted by Gasteiger charge is -2.42. The van der Waals surface area contributed by atoms with Gasteiger partial charge in [-0.3, -0.25) is 24.1 Å². The summed E-state index contributed by atoms with van der Waals surface area (Å²) in [5.74, 6) is -2.78. The first kappa shape index (κ1) is 23.1. The van der Waals surface area contributed by atoms with E-state index >= 15 is 0 Å². The Hall–Kier alpha value is -3.68. The average molecular weight is 478 g/mol. The van der Waals surface area contributed by atoms with Gasteiger partial charge in [0.25, 0.3) is 0 Å². The van der Waals surface area contributed by atoms with E-state index < -0.39 is 23.7 Å². The van der Waals surface area contributed by atoms with Crippen LogP contribution in [0.2, 0.25) is 0 Å². The van der Waals surface area contributed by atoms with Crippen molar-refractivity contribution in [2.45, 2.75) is 32.6 Å². The fourth-order valence-corrected chi connectivity index (χ4v) is 6.25. The molecule has 4 atom stereocenters. The number of methoxy groups -OCH3 is 2. The molecule has 0 radical (unpaired) electrons. The van der Waals surface area contributed by atoms with Crippen molar-refractivity contribution in [3.8, 4) is 17.2 Å². The average Bonchev–Trinajstić information content (AvgIpc) is 3.10. The molecule has 1 aromatic rings. The summed E-state index contributed by atoms with van der Waals surface area (Å²) in [6.45, 7) is 3.66. The fraction of sp³-hybridized carbons (Fsp3) is 0.407. The van der Waals surface area contributed by atoms with Crippen LogP contribution in [0.3, 0.4) is 0 Å². The number of rotatable bonds is 4. The first-order valence-electron chi connectivity index (χ1n) is 11.7. The number of benzene rings is 1. The summed E-state index contributed by atoms with van der Waals surface area (Å²) >= 11 is 0. The van der Waals surface area contributed by atoms with Gasteiger partial charge in [0.1, 0.15) is 17.2 Å². The molecule has 1 saturated heterocycles. The number of ether oxygens (including phenoxy) is 2. The molecule has 1 aliphatic heterocycles. The Labute approximate surface area is 202 Å². The van der Waals surface area contributed by atoms with Crippen LogP contribution < -0.4 is 9.47 Å². The SMILES string of the molecule is CCN1C(=O)[C@H]2[C@H](CC=C3[C@H](c4c(O)cc(OC)cc4OC)C4=C(C[C@H]32)C(=O)C(C)=CC4=O)C1=O. The largest absolute Gasteiger partial charge is 0.507 e. The smallest absolute Gasteiger partial charge is 0.233 e. The second-order valence-electron chi connectivity index (χ2n) is 9.41. The summed E-state index contributed by atoms with van der Waals surface area (Å²) in [6.07, 6.45) is 3.80. The van der Waals surface area contributed by atoms with Crippen molar-refractivity contribution in [3.63, 3.8) is 0 Å². The summed E-state index contributed by atoms with van der Waals surface area (Å²) in [7, 11) is 2.92. The molecular weight excluding hydrogens is 450 g/mol. The van der Waals surface area contributed by atoms with Crippen molar-refractivity contribution in [2.75, 3.05) is 20.8 Å². The predicted molar refractivity (Wildman–Crippen MR) is 125 cm³/mol. The van der Waals surface area contributed by atoms with Gasteiger partial charge in [-0.2, -0.15) is 0 Å². The lowest BCUT2D eigenvalue weighted by molar-refractivity contribution is -0.139. The van der Waals surface area contributed by atoms with E-state index in [1.807, 2.05) is 6.08 Å². The Morgan fingerprint density at radius 2 is 1.80 bits per heavy atom. The molecule has 0 spiro atoms. The Morgan fingerprint density at radius 3 is 2.46 bits per heavy atom. The highest BCUT2D eigenvalue weighted by Gasteiger charge is 2.56. The zero-order valence-corrected chi connectivity index (χ0v) is 20.1. The number of carbonyl (C=O) groups is 4. The molecule has 1 fully saturated rings. The molecule has 0 unspecified atom stereocenters. The minimum absolute atomic E-state index is 0.141. The molecule has 2 amide bonds. The maximum absolute atomic E-state index is 13.3. The van der Waals surface area contributed by atoms with E-state index in [0.29, 0.717) is 40.2 Å². The molecule has 5 rings (SSSR count). The molecule has 8 heteroatoms. The standard InChI is InChI=1S/C27H27NO7/c1-5-28-26(32)15-7-6-14-16(21(15)27(28)33)11-17-22(18(29)8-12(2)25(17)31)23(14)24-19(30)9-13(34-3)10-20(24)35-4/h6,8-10,15-16,21,23,30H,5,7,11H2,1-4H3/t15-,16+,21-,23-/m0/s1. The number of imide groups is 1. The summed E-state index contributed by atoms with van der Waals surface area (Å²) in [6, 6.07) is 3.05. The van der Waals surface area contributed by atoms with Gasteiger partial charge in [0, 0.05) is 46.9 Å². The van der Waals surface area contributed by atoms with Gasteiger partial charge in [0.15, 0.2) is 11.6 Å². The minimum atomic E-state index is -0.787. The molecule has 1 N–H and O–H groups in total. The van der Waals surface area contributed by atoms with E-state index in [2.05, 4.69) is 0 Å². The van der Waals surface area contributed by atoms with Gasteiger partial charge in [0.05, 0.1) is 26.1 Å². The van der Waals surface area contributed by atoms with Crippen molar-refractivity contribution in [1.29, 1.82) is 0 Å². The molecule has 0 saturated carbocycles. The highest BCUT2D eigenvalue weighted by atomic mass is 16.5. The maximum atomic E-state index is 13.3. The van der Waals surface area contributed by atoms with Crippen LogP contribution >= 0.6 is 0 Å². The molecule has 1 aromatic carbocycles. The van der Waals surface area contributed by atoms with Gasteiger partial charge in [-0.15, -0.1) is 0 Å². The Morgan fingerprint density at radius 1 is 1.06 bits per heavy atom. The number of hydrogen-bond donors (Lipinski definition) is 1. The molecule has 1 heterocycles. The molecule has 8 nitrogen and oxygen atoms in total. The summed E-state index contributed by atoms with van der Waals surface area (Å²) in [4.78, 5) is 54.2. The Bertz CT molecular complexity index is 1280. The molecule has 0 bridgehead atoms. The quantitative estimate of drug-likeness (QED) is 0.403. The number of ketones is 2. The number of carbonyl (C=O) groups excluding carboxylic acids is 4. The highest BCUT2D eigenvalue weighted by molar-refractivity contribution is 6.23. The number of allylic oxidation sites excluding steroid dienone is 6. The predicted octanol–water partition coefficient (Wildman–Crippen LogP) is 2.86. The third-order valence-electron chi connectivity index (χ3n) is 7.81. The van der Waals surface area contributed by atoms with Gasteiger partial charge in [0.2, 0.25) is 11.8 Å². The molecule has 35 heavy (non-hydrogen) atoms. The van der Waals surface area contributed by atoms with Crippen LogP contribution in [-0.4, -0.2) is 54.2 Å². The molecule has 182 valence electrons. The molecule has 0 aromatic heterocycles. The van der Waals surface area contributed by atoms with E-state index in [9.17, 15) is 24.3 Å². The van der Waals surface area contributed by atoms with Crippen LogP contribution in [0, 0.1) is 17.8 Å². The number of phenolic OH excluding ortho intramolecular Hbond substituents is 1. The van der Waals surface area contributed by atoms with Gasteiger partial charge >= 0.3 is 0 Å². The molecule has 3 aliphatic carbocycles.